The van der Waals surface area contributed by atoms with Crippen LogP contribution in [0, 0.1) is 5.41 Å². The van der Waals surface area contributed by atoms with Gasteiger partial charge in [-0.1, -0.05) is 30.7 Å². The SMILES string of the molecule is CCC1(CN(C)Cc2ccc(Cl)cc2)CCNCC1. The molecule has 1 aromatic carbocycles. The topological polar surface area (TPSA) is 15.3 Å². The van der Waals surface area contributed by atoms with E-state index in [4.69, 9.17) is 11.6 Å². The highest BCUT2D eigenvalue weighted by Gasteiger charge is 2.31. The van der Waals surface area contributed by atoms with Crippen molar-refractivity contribution in [2.45, 2.75) is 32.7 Å². The van der Waals surface area contributed by atoms with Crippen LogP contribution < -0.4 is 5.32 Å². The van der Waals surface area contributed by atoms with Crippen molar-refractivity contribution in [2.24, 2.45) is 5.41 Å². The van der Waals surface area contributed by atoms with Gasteiger partial charge in [-0.2, -0.15) is 0 Å². The summed E-state index contributed by atoms with van der Waals surface area (Å²) < 4.78 is 0. The van der Waals surface area contributed by atoms with Crippen molar-refractivity contribution in [3.8, 4) is 0 Å². The summed E-state index contributed by atoms with van der Waals surface area (Å²) in [5.74, 6) is 0. The van der Waals surface area contributed by atoms with Crippen LogP contribution in [0.4, 0.5) is 0 Å². The normalized spacial score (nSPS) is 18.7. The first kappa shape index (κ1) is 14.8. The molecule has 0 aromatic heterocycles. The minimum atomic E-state index is 0.506. The third-order valence-corrected chi connectivity index (χ3v) is 4.64. The molecule has 0 unspecified atom stereocenters. The highest BCUT2D eigenvalue weighted by molar-refractivity contribution is 6.30. The molecule has 0 radical (unpaired) electrons. The van der Waals surface area contributed by atoms with Crippen LogP contribution in [0.1, 0.15) is 31.7 Å². The Morgan fingerprint density at radius 3 is 2.42 bits per heavy atom. The van der Waals surface area contributed by atoms with Crippen LogP contribution in [0.5, 0.6) is 0 Å². The van der Waals surface area contributed by atoms with Crippen LogP contribution >= 0.6 is 11.6 Å². The maximum atomic E-state index is 5.93. The molecule has 0 aliphatic carbocycles. The van der Waals surface area contributed by atoms with Crippen molar-refractivity contribution in [1.82, 2.24) is 10.2 Å². The van der Waals surface area contributed by atoms with Crippen molar-refractivity contribution in [3.63, 3.8) is 0 Å². The number of benzene rings is 1. The Balaban J connectivity index is 1.92. The molecule has 1 aliphatic heterocycles. The quantitative estimate of drug-likeness (QED) is 0.887. The molecule has 2 rings (SSSR count). The van der Waals surface area contributed by atoms with E-state index in [0.717, 1.165) is 11.6 Å². The van der Waals surface area contributed by atoms with E-state index >= 15 is 0 Å². The van der Waals surface area contributed by atoms with Crippen LogP contribution in [-0.2, 0) is 6.54 Å². The predicted molar refractivity (Wildman–Crippen MR) is 82.6 cm³/mol. The van der Waals surface area contributed by atoms with Crippen molar-refractivity contribution in [1.29, 1.82) is 0 Å². The summed E-state index contributed by atoms with van der Waals surface area (Å²) in [5.41, 5.74) is 1.85. The minimum absolute atomic E-state index is 0.506. The first-order chi connectivity index (χ1) is 9.13. The van der Waals surface area contributed by atoms with Gasteiger partial charge in [0.15, 0.2) is 0 Å². The number of hydrogen-bond donors (Lipinski definition) is 1. The molecule has 3 heteroatoms. The predicted octanol–water partition coefficient (Wildman–Crippen LogP) is 3.55. The Morgan fingerprint density at radius 2 is 1.84 bits per heavy atom. The number of rotatable bonds is 5. The molecule has 1 fully saturated rings. The summed E-state index contributed by atoms with van der Waals surface area (Å²) in [4.78, 5) is 2.46. The molecule has 1 saturated heterocycles. The zero-order valence-corrected chi connectivity index (χ0v) is 12.8. The second kappa shape index (κ2) is 6.74. The molecular formula is C16H25ClN2. The van der Waals surface area contributed by atoms with Gasteiger partial charge < -0.3 is 10.2 Å². The van der Waals surface area contributed by atoms with E-state index in [-0.39, 0.29) is 0 Å². The summed E-state index contributed by atoms with van der Waals surface area (Å²) >= 11 is 5.93. The Hall–Kier alpha value is -0.570. The summed E-state index contributed by atoms with van der Waals surface area (Å²) in [7, 11) is 2.23. The van der Waals surface area contributed by atoms with Gasteiger partial charge in [-0.05, 0) is 62.5 Å². The molecule has 0 bridgehead atoms. The van der Waals surface area contributed by atoms with Gasteiger partial charge >= 0.3 is 0 Å². The zero-order chi connectivity index (χ0) is 13.7. The Morgan fingerprint density at radius 1 is 1.21 bits per heavy atom. The van der Waals surface area contributed by atoms with Crippen molar-refractivity contribution in [2.75, 3.05) is 26.7 Å². The summed E-state index contributed by atoms with van der Waals surface area (Å²) in [6.45, 7) is 6.87. The number of nitrogens with zero attached hydrogens (tertiary/aromatic N) is 1. The molecule has 1 heterocycles. The first-order valence-corrected chi connectivity index (χ1v) is 7.65. The fraction of sp³-hybridized carbons (Fsp3) is 0.625. The Labute approximate surface area is 122 Å². The van der Waals surface area contributed by atoms with Crippen molar-refractivity contribution in [3.05, 3.63) is 34.9 Å². The molecule has 19 heavy (non-hydrogen) atoms. The van der Waals surface area contributed by atoms with Crippen LogP contribution in [0.15, 0.2) is 24.3 Å². The largest absolute Gasteiger partial charge is 0.317 e. The van der Waals surface area contributed by atoms with E-state index in [9.17, 15) is 0 Å². The van der Waals surface area contributed by atoms with Gasteiger partial charge in [0, 0.05) is 18.1 Å². The Kier molecular flexibility index (Phi) is 5.26. The van der Waals surface area contributed by atoms with Gasteiger partial charge in [-0.25, -0.2) is 0 Å². The molecule has 106 valence electrons. The molecule has 0 spiro atoms. The van der Waals surface area contributed by atoms with Gasteiger partial charge in [0.1, 0.15) is 0 Å². The van der Waals surface area contributed by atoms with Crippen molar-refractivity contribution < 1.29 is 0 Å². The maximum Gasteiger partial charge on any atom is 0.0406 e. The maximum absolute atomic E-state index is 5.93. The lowest BCUT2D eigenvalue weighted by Crippen LogP contribution is -2.43. The summed E-state index contributed by atoms with van der Waals surface area (Å²) in [6, 6.07) is 8.20. The van der Waals surface area contributed by atoms with E-state index in [2.05, 4.69) is 36.3 Å². The molecule has 0 saturated carbocycles. The van der Waals surface area contributed by atoms with Gasteiger partial charge in [-0.3, -0.25) is 0 Å². The average molecular weight is 281 g/mol. The van der Waals surface area contributed by atoms with Crippen molar-refractivity contribution >= 4 is 11.6 Å². The van der Waals surface area contributed by atoms with E-state index in [0.29, 0.717) is 5.41 Å². The monoisotopic (exact) mass is 280 g/mol. The minimum Gasteiger partial charge on any atom is -0.317 e. The van der Waals surface area contributed by atoms with E-state index in [1.807, 2.05) is 12.1 Å². The lowest BCUT2D eigenvalue weighted by molar-refractivity contribution is 0.119. The van der Waals surface area contributed by atoms with Gasteiger partial charge in [0.05, 0.1) is 0 Å². The van der Waals surface area contributed by atoms with E-state index in [1.54, 1.807) is 0 Å². The van der Waals surface area contributed by atoms with Crippen LogP contribution in [0.25, 0.3) is 0 Å². The lowest BCUT2D eigenvalue weighted by Gasteiger charge is -2.40. The molecule has 0 amide bonds. The fourth-order valence-corrected chi connectivity index (χ4v) is 3.24. The zero-order valence-electron chi connectivity index (χ0n) is 12.1. The molecule has 0 atom stereocenters. The number of hydrogen-bond acceptors (Lipinski definition) is 2. The van der Waals surface area contributed by atoms with E-state index < -0.39 is 0 Å². The second-order valence-electron chi connectivity index (χ2n) is 5.90. The third kappa shape index (κ3) is 4.20. The highest BCUT2D eigenvalue weighted by atomic mass is 35.5. The molecule has 2 nitrogen and oxygen atoms in total. The number of nitrogens with one attached hydrogen (secondary N) is 1. The summed E-state index contributed by atoms with van der Waals surface area (Å²) in [6.07, 6.45) is 3.88. The Bertz CT molecular complexity index is 382. The second-order valence-corrected chi connectivity index (χ2v) is 6.34. The molecule has 1 aliphatic rings. The lowest BCUT2D eigenvalue weighted by atomic mass is 9.76. The number of halogens is 1. The molecule has 1 aromatic rings. The smallest absolute Gasteiger partial charge is 0.0406 e. The fourth-order valence-electron chi connectivity index (χ4n) is 3.11. The summed E-state index contributed by atoms with van der Waals surface area (Å²) in [5, 5.41) is 4.28. The average Bonchev–Trinajstić information content (AvgIpc) is 2.42. The van der Waals surface area contributed by atoms with Crippen LogP contribution in [0.3, 0.4) is 0 Å². The van der Waals surface area contributed by atoms with Crippen LogP contribution in [0.2, 0.25) is 5.02 Å². The standard InChI is InChI=1S/C16H25ClN2/c1-3-16(8-10-18-11-9-16)13-19(2)12-14-4-6-15(17)7-5-14/h4-7,18H,3,8-13H2,1-2H3. The van der Waals surface area contributed by atoms with E-state index in [1.165, 1.54) is 44.5 Å². The number of piperidine rings is 1. The van der Waals surface area contributed by atoms with Crippen LogP contribution in [-0.4, -0.2) is 31.6 Å². The highest BCUT2D eigenvalue weighted by Crippen LogP contribution is 2.33. The molecular weight excluding hydrogens is 256 g/mol. The molecule has 1 N–H and O–H groups in total. The van der Waals surface area contributed by atoms with Gasteiger partial charge in [0.25, 0.3) is 0 Å². The first-order valence-electron chi connectivity index (χ1n) is 7.27. The van der Waals surface area contributed by atoms with Gasteiger partial charge in [0.2, 0.25) is 0 Å². The van der Waals surface area contributed by atoms with Gasteiger partial charge in [-0.15, -0.1) is 0 Å². The third-order valence-electron chi connectivity index (χ3n) is 4.39.